The number of hydrogen-bond acceptors (Lipinski definition) is 2. The van der Waals surface area contributed by atoms with E-state index in [1.54, 1.807) is 25.3 Å². The topological polar surface area (TPSA) is 26.3 Å². The molecule has 110 valence electrons. The van der Waals surface area contributed by atoms with Crippen LogP contribution >= 0.6 is 11.6 Å². The molecule has 3 aromatic carbocycles. The number of rotatable bonds is 3. The van der Waals surface area contributed by atoms with E-state index in [1.165, 1.54) is 18.2 Å². The van der Waals surface area contributed by atoms with Gasteiger partial charge in [0.1, 0.15) is 11.6 Å². The van der Waals surface area contributed by atoms with Crippen molar-refractivity contribution in [3.8, 4) is 5.75 Å². The minimum absolute atomic E-state index is 0.1000. The summed E-state index contributed by atoms with van der Waals surface area (Å²) in [6, 6.07) is 14.9. The molecule has 0 unspecified atom stereocenters. The maximum absolute atomic E-state index is 13.9. The van der Waals surface area contributed by atoms with Crippen LogP contribution in [0.4, 0.5) is 4.39 Å². The molecule has 0 atom stereocenters. The van der Waals surface area contributed by atoms with Crippen molar-refractivity contribution in [2.24, 2.45) is 0 Å². The molecule has 0 fully saturated rings. The Morgan fingerprint density at radius 3 is 2.50 bits per heavy atom. The van der Waals surface area contributed by atoms with Gasteiger partial charge < -0.3 is 4.74 Å². The van der Waals surface area contributed by atoms with Crippen molar-refractivity contribution in [3.63, 3.8) is 0 Å². The lowest BCUT2D eigenvalue weighted by atomic mass is 9.99. The molecule has 0 aliphatic rings. The van der Waals surface area contributed by atoms with Gasteiger partial charge in [-0.25, -0.2) is 4.39 Å². The first-order valence-corrected chi connectivity index (χ1v) is 7.04. The van der Waals surface area contributed by atoms with Crippen LogP contribution in [0.3, 0.4) is 0 Å². The van der Waals surface area contributed by atoms with E-state index in [1.807, 2.05) is 18.2 Å². The fourth-order valence-corrected chi connectivity index (χ4v) is 2.60. The molecule has 0 aliphatic heterocycles. The van der Waals surface area contributed by atoms with Crippen LogP contribution in [-0.2, 0) is 0 Å². The molecule has 2 nitrogen and oxygen atoms in total. The van der Waals surface area contributed by atoms with Crippen molar-refractivity contribution in [3.05, 3.63) is 76.6 Å². The lowest BCUT2D eigenvalue weighted by Gasteiger charge is -2.07. The van der Waals surface area contributed by atoms with Crippen molar-refractivity contribution in [2.45, 2.75) is 0 Å². The van der Waals surface area contributed by atoms with E-state index < -0.39 is 11.6 Å². The summed E-state index contributed by atoms with van der Waals surface area (Å²) in [7, 11) is 1.60. The quantitative estimate of drug-likeness (QED) is 0.645. The second-order valence-corrected chi connectivity index (χ2v) is 5.26. The normalized spacial score (nSPS) is 10.7. The molecule has 0 saturated carbocycles. The van der Waals surface area contributed by atoms with Crippen LogP contribution in [-0.4, -0.2) is 12.9 Å². The maximum Gasteiger partial charge on any atom is 0.197 e. The van der Waals surface area contributed by atoms with Gasteiger partial charge >= 0.3 is 0 Å². The minimum Gasteiger partial charge on any atom is -0.497 e. The third-order valence-electron chi connectivity index (χ3n) is 3.50. The van der Waals surface area contributed by atoms with Crippen LogP contribution in [0, 0.1) is 5.82 Å². The van der Waals surface area contributed by atoms with Crippen molar-refractivity contribution in [1.82, 2.24) is 0 Å². The highest BCUT2D eigenvalue weighted by Gasteiger charge is 2.17. The number of ketones is 1. The summed E-state index contributed by atoms with van der Waals surface area (Å²) in [6.45, 7) is 0. The molecule has 0 aliphatic carbocycles. The minimum atomic E-state index is -0.618. The van der Waals surface area contributed by atoms with E-state index in [0.717, 1.165) is 16.5 Å². The Kier molecular flexibility index (Phi) is 3.82. The molecule has 22 heavy (non-hydrogen) atoms. The Balaban J connectivity index is 2.08. The van der Waals surface area contributed by atoms with Gasteiger partial charge in [-0.2, -0.15) is 0 Å². The zero-order chi connectivity index (χ0) is 15.7. The summed E-state index contributed by atoms with van der Waals surface area (Å²) >= 11 is 5.95. The van der Waals surface area contributed by atoms with Gasteiger partial charge in [-0.15, -0.1) is 0 Å². The second kappa shape index (κ2) is 5.78. The Morgan fingerprint density at radius 1 is 1.05 bits per heavy atom. The molecule has 0 bridgehead atoms. The molecule has 0 saturated heterocycles. The van der Waals surface area contributed by atoms with Crippen molar-refractivity contribution in [2.75, 3.05) is 7.11 Å². The van der Waals surface area contributed by atoms with Crippen molar-refractivity contribution < 1.29 is 13.9 Å². The van der Waals surface area contributed by atoms with E-state index in [2.05, 4.69) is 0 Å². The highest BCUT2D eigenvalue weighted by Crippen LogP contribution is 2.26. The van der Waals surface area contributed by atoms with Gasteiger partial charge in [0.15, 0.2) is 5.78 Å². The zero-order valence-electron chi connectivity index (χ0n) is 11.8. The van der Waals surface area contributed by atoms with Crippen LogP contribution in [0.25, 0.3) is 10.8 Å². The van der Waals surface area contributed by atoms with Crippen LogP contribution in [0.1, 0.15) is 15.9 Å². The van der Waals surface area contributed by atoms with Gasteiger partial charge in [-0.3, -0.25) is 4.79 Å². The van der Waals surface area contributed by atoms with Gasteiger partial charge in [-0.1, -0.05) is 35.9 Å². The van der Waals surface area contributed by atoms with Crippen LogP contribution in [0.5, 0.6) is 5.75 Å². The van der Waals surface area contributed by atoms with Gasteiger partial charge in [-0.05, 0) is 41.1 Å². The maximum atomic E-state index is 13.9. The van der Waals surface area contributed by atoms with E-state index in [4.69, 9.17) is 16.3 Å². The van der Waals surface area contributed by atoms with Crippen LogP contribution in [0.2, 0.25) is 5.02 Å². The van der Waals surface area contributed by atoms with E-state index in [9.17, 15) is 9.18 Å². The molecule has 3 rings (SSSR count). The first-order chi connectivity index (χ1) is 10.6. The predicted molar refractivity (Wildman–Crippen MR) is 85.3 cm³/mol. The van der Waals surface area contributed by atoms with E-state index in [-0.39, 0.29) is 10.6 Å². The Morgan fingerprint density at radius 2 is 1.77 bits per heavy atom. The lowest BCUT2D eigenvalue weighted by molar-refractivity contribution is 0.103. The average molecular weight is 315 g/mol. The Hall–Kier alpha value is -2.39. The molecule has 0 aromatic heterocycles. The zero-order valence-corrected chi connectivity index (χ0v) is 12.5. The number of hydrogen-bond donors (Lipinski definition) is 0. The van der Waals surface area contributed by atoms with Gasteiger partial charge in [0.25, 0.3) is 0 Å². The molecular formula is C18H12ClFO2. The standard InChI is InChI=1S/C18H12ClFO2/c1-22-14-8-7-11-9-13(6-5-12(11)10-14)18(21)17-15(19)3-2-4-16(17)20/h2-10H,1H3. The van der Waals surface area contributed by atoms with Crippen LogP contribution in [0.15, 0.2) is 54.6 Å². The van der Waals surface area contributed by atoms with E-state index >= 15 is 0 Å². The number of methoxy groups -OCH3 is 1. The highest BCUT2D eigenvalue weighted by atomic mass is 35.5. The van der Waals surface area contributed by atoms with Gasteiger partial charge in [0.2, 0.25) is 0 Å². The summed E-state index contributed by atoms with van der Waals surface area (Å²) in [5, 5.41) is 1.93. The number of carbonyl (C=O) groups is 1. The molecular weight excluding hydrogens is 303 g/mol. The summed E-state index contributed by atoms with van der Waals surface area (Å²) in [6.07, 6.45) is 0. The molecule has 4 heteroatoms. The number of fused-ring (bicyclic) bond motifs is 1. The fraction of sp³-hybridized carbons (Fsp3) is 0.0556. The number of benzene rings is 3. The van der Waals surface area contributed by atoms with Gasteiger partial charge in [0, 0.05) is 5.56 Å². The molecule has 0 spiro atoms. The SMILES string of the molecule is COc1ccc2cc(C(=O)c3c(F)cccc3Cl)ccc2c1. The van der Waals surface area contributed by atoms with Gasteiger partial charge in [0.05, 0.1) is 17.7 Å². The smallest absolute Gasteiger partial charge is 0.197 e. The predicted octanol–water partition coefficient (Wildman–Crippen LogP) is 4.87. The Bertz CT molecular complexity index is 854. The first-order valence-electron chi connectivity index (χ1n) is 6.66. The van der Waals surface area contributed by atoms with E-state index in [0.29, 0.717) is 5.56 Å². The molecule has 0 amide bonds. The summed E-state index contributed by atoms with van der Waals surface area (Å²) in [5.74, 6) is -0.308. The molecule has 0 radical (unpaired) electrons. The van der Waals surface area contributed by atoms with Crippen LogP contribution < -0.4 is 4.74 Å². The number of carbonyl (C=O) groups excluding carboxylic acids is 1. The second-order valence-electron chi connectivity index (χ2n) is 4.85. The highest BCUT2D eigenvalue weighted by molar-refractivity contribution is 6.35. The molecule has 0 N–H and O–H groups in total. The summed E-state index contributed by atoms with van der Waals surface area (Å²) < 4.78 is 19.0. The molecule has 3 aromatic rings. The van der Waals surface area contributed by atoms with Crippen molar-refractivity contribution in [1.29, 1.82) is 0 Å². The third kappa shape index (κ3) is 2.55. The lowest BCUT2D eigenvalue weighted by Crippen LogP contribution is -2.05. The Labute approximate surface area is 132 Å². The largest absolute Gasteiger partial charge is 0.497 e. The number of ether oxygens (including phenoxy) is 1. The average Bonchev–Trinajstić information content (AvgIpc) is 2.53. The summed E-state index contributed by atoms with van der Waals surface area (Å²) in [4.78, 5) is 12.5. The molecule has 0 heterocycles. The summed E-state index contributed by atoms with van der Waals surface area (Å²) in [5.41, 5.74) is 0.293. The fourth-order valence-electron chi connectivity index (χ4n) is 2.35. The monoisotopic (exact) mass is 314 g/mol. The van der Waals surface area contributed by atoms with Crippen molar-refractivity contribution >= 4 is 28.2 Å². The third-order valence-corrected chi connectivity index (χ3v) is 3.81. The number of halogens is 2. The first kappa shape index (κ1) is 14.5.